The number of fused-ring (bicyclic) bond motifs is 2. The minimum atomic E-state index is -2.30. The fraction of sp³-hybridized carbons (Fsp3) is 0.364. The molecule has 0 amide bonds. The Morgan fingerprint density at radius 2 is 2.10 bits per heavy atom. The molecule has 1 unspecified atom stereocenters. The van der Waals surface area contributed by atoms with Crippen molar-refractivity contribution in [3.8, 4) is 5.75 Å². The highest BCUT2D eigenvalue weighted by Gasteiger charge is 2.34. The molecule has 2 N–H and O–H groups in total. The molecule has 0 aromatic carbocycles. The van der Waals surface area contributed by atoms with Crippen LogP contribution in [-0.4, -0.2) is 33.5 Å². The molecule has 0 radical (unpaired) electrons. The summed E-state index contributed by atoms with van der Waals surface area (Å²) in [6.45, 7) is 5.83. The highest BCUT2D eigenvalue weighted by atomic mass is 19.2. The van der Waals surface area contributed by atoms with Crippen molar-refractivity contribution in [1.82, 2.24) is 9.55 Å². The first-order chi connectivity index (χ1) is 14.1. The van der Waals surface area contributed by atoms with Crippen molar-refractivity contribution in [3.05, 3.63) is 75.8 Å². The Morgan fingerprint density at radius 3 is 2.70 bits per heavy atom. The summed E-state index contributed by atoms with van der Waals surface area (Å²) in [5.74, 6) is -0.976. The Balaban J connectivity index is 2.82. The third-order valence-corrected chi connectivity index (χ3v) is 4.97. The Kier molecular flexibility index (Phi) is 7.48. The molecule has 0 aliphatic carbocycles. The minimum absolute atomic E-state index is 0.0315. The van der Waals surface area contributed by atoms with Gasteiger partial charge in [0.05, 0.1) is 30.5 Å². The van der Waals surface area contributed by atoms with Crippen molar-refractivity contribution in [2.24, 2.45) is 0 Å². The number of hydrogen-bond acceptors (Lipinski definition) is 4. The maximum Gasteiger partial charge on any atom is 0.257 e. The standard InChI is InChI=1S/C22H26F3N3O2/c1-5-17(7-6-14(2)24)8-18-9-26-10-19(29)15(3)21(30)28-13-22(25,11-23)12-27-20(18)16(28)4/h5-7,9-10,27,29H,2,8,11-13H2,1,3-4H3/b7-6-,17-5+,18-9?,19-15?,26-10?. The van der Waals surface area contributed by atoms with Gasteiger partial charge in [0.1, 0.15) is 18.3 Å². The average Bonchev–Trinajstić information content (AvgIpc) is 2.84. The van der Waals surface area contributed by atoms with Crippen LogP contribution in [0.1, 0.15) is 23.7 Å². The van der Waals surface area contributed by atoms with Crippen molar-refractivity contribution < 1.29 is 18.3 Å². The number of nitrogens with one attached hydrogen (secondary N) is 1. The number of anilines is 1. The van der Waals surface area contributed by atoms with E-state index in [1.165, 1.54) is 19.2 Å². The second-order valence-corrected chi connectivity index (χ2v) is 7.25. The highest BCUT2D eigenvalue weighted by Crippen LogP contribution is 2.28. The quantitative estimate of drug-likeness (QED) is 0.695. The molecule has 0 saturated heterocycles. The lowest BCUT2D eigenvalue weighted by Gasteiger charge is -2.20. The van der Waals surface area contributed by atoms with Crippen molar-refractivity contribution in [2.75, 3.05) is 18.5 Å². The molecular weight excluding hydrogens is 395 g/mol. The molecule has 1 aliphatic heterocycles. The molecule has 2 bridgehead atoms. The molecule has 8 heteroatoms. The zero-order valence-corrected chi connectivity index (χ0v) is 17.3. The van der Waals surface area contributed by atoms with E-state index in [0.29, 0.717) is 22.5 Å². The summed E-state index contributed by atoms with van der Waals surface area (Å²) in [6.07, 6.45) is 7.37. The van der Waals surface area contributed by atoms with Gasteiger partial charge in [-0.2, -0.15) is 0 Å². The maximum absolute atomic E-state index is 15.0. The fourth-order valence-electron chi connectivity index (χ4n) is 3.11. The van der Waals surface area contributed by atoms with Gasteiger partial charge in [0.25, 0.3) is 5.56 Å². The summed E-state index contributed by atoms with van der Waals surface area (Å²) in [4.78, 5) is 17.0. The number of halogens is 3. The van der Waals surface area contributed by atoms with Gasteiger partial charge < -0.3 is 15.0 Å². The summed E-state index contributed by atoms with van der Waals surface area (Å²) in [5.41, 5.74) is -0.912. The van der Waals surface area contributed by atoms with Gasteiger partial charge in [-0.25, -0.2) is 13.2 Å². The fourth-order valence-corrected chi connectivity index (χ4v) is 3.11. The van der Waals surface area contributed by atoms with Crippen molar-refractivity contribution >= 4 is 5.69 Å². The smallest absolute Gasteiger partial charge is 0.257 e. The van der Waals surface area contributed by atoms with E-state index in [2.05, 4.69) is 16.9 Å². The number of alkyl halides is 2. The normalized spacial score (nSPS) is 18.5. The van der Waals surface area contributed by atoms with Crippen molar-refractivity contribution in [2.45, 2.75) is 39.4 Å². The molecule has 1 aromatic rings. The summed E-state index contributed by atoms with van der Waals surface area (Å²) < 4.78 is 42.7. The second-order valence-electron chi connectivity index (χ2n) is 7.25. The first-order valence-corrected chi connectivity index (χ1v) is 9.43. The molecule has 30 heavy (non-hydrogen) atoms. The number of rotatable bonds is 5. The molecule has 0 fully saturated rings. The summed E-state index contributed by atoms with van der Waals surface area (Å²) in [6, 6.07) is 0. The van der Waals surface area contributed by atoms with E-state index >= 15 is 4.39 Å². The van der Waals surface area contributed by atoms with Crippen molar-refractivity contribution in [3.63, 3.8) is 0 Å². The largest absolute Gasteiger partial charge is 0.506 e. The van der Waals surface area contributed by atoms with Crippen LogP contribution in [0.25, 0.3) is 0 Å². The van der Waals surface area contributed by atoms with Crippen LogP contribution in [0.4, 0.5) is 18.9 Å². The average molecular weight is 421 g/mol. The molecule has 1 atom stereocenters. The van der Waals surface area contributed by atoms with Crippen LogP contribution in [0.15, 0.2) is 53.4 Å². The zero-order valence-electron chi connectivity index (χ0n) is 17.3. The number of aromatic hydroxyl groups is 1. The molecule has 5 nitrogen and oxygen atoms in total. The highest BCUT2D eigenvalue weighted by molar-refractivity contribution is 5.56. The van der Waals surface area contributed by atoms with Gasteiger partial charge in [0.2, 0.25) is 0 Å². The van der Waals surface area contributed by atoms with Gasteiger partial charge >= 0.3 is 0 Å². The number of aromatic nitrogens is 2. The molecule has 2 rings (SSSR count). The van der Waals surface area contributed by atoms with Crippen LogP contribution in [0.5, 0.6) is 5.75 Å². The Labute approximate surface area is 173 Å². The molecule has 2 heterocycles. The van der Waals surface area contributed by atoms with E-state index in [-0.39, 0.29) is 24.3 Å². The zero-order chi connectivity index (χ0) is 22.5. The first-order valence-electron chi connectivity index (χ1n) is 9.43. The van der Waals surface area contributed by atoms with Crippen LogP contribution in [0.2, 0.25) is 0 Å². The van der Waals surface area contributed by atoms with Crippen LogP contribution >= 0.6 is 0 Å². The number of nitrogens with zero attached hydrogens (tertiary/aromatic N) is 2. The SMILES string of the molecule is C=C(F)/C=C\C(=C/C)Cc1cncc(O)c(C)c(=O)n2c(C)c1NCC(F)(CF)C2. The first kappa shape index (κ1) is 23.3. The number of hydrogen-bond donors (Lipinski definition) is 2. The van der Waals surface area contributed by atoms with Gasteiger partial charge in [-0.05, 0) is 38.0 Å². The third-order valence-electron chi connectivity index (χ3n) is 4.97. The summed E-state index contributed by atoms with van der Waals surface area (Å²) in [7, 11) is 0. The van der Waals surface area contributed by atoms with Crippen LogP contribution in [0.3, 0.4) is 0 Å². The van der Waals surface area contributed by atoms with Gasteiger partial charge in [0, 0.05) is 18.3 Å². The molecule has 162 valence electrons. The van der Waals surface area contributed by atoms with E-state index in [4.69, 9.17) is 0 Å². The van der Waals surface area contributed by atoms with Crippen LogP contribution in [0, 0.1) is 13.8 Å². The van der Waals surface area contributed by atoms with Crippen LogP contribution < -0.4 is 10.9 Å². The summed E-state index contributed by atoms with van der Waals surface area (Å²) >= 11 is 0. The van der Waals surface area contributed by atoms with E-state index < -0.39 is 30.3 Å². The predicted octanol–water partition coefficient (Wildman–Crippen LogP) is 4.32. The lowest BCUT2D eigenvalue weighted by molar-refractivity contribution is 0.112. The predicted molar refractivity (Wildman–Crippen MR) is 112 cm³/mol. The van der Waals surface area contributed by atoms with E-state index in [9.17, 15) is 18.7 Å². The third kappa shape index (κ3) is 5.31. The van der Waals surface area contributed by atoms with E-state index in [1.807, 2.05) is 0 Å². The second kappa shape index (κ2) is 9.65. The maximum atomic E-state index is 15.0. The summed E-state index contributed by atoms with van der Waals surface area (Å²) in [5, 5.41) is 13.1. The van der Waals surface area contributed by atoms with Gasteiger partial charge in [0.15, 0.2) is 5.67 Å². The van der Waals surface area contributed by atoms with Gasteiger partial charge in [-0.3, -0.25) is 9.78 Å². The Hall–Kier alpha value is -3.03. The topological polar surface area (TPSA) is 67.2 Å². The number of allylic oxidation sites excluding steroid dienone is 5. The lowest BCUT2D eigenvalue weighted by Crippen LogP contribution is -2.40. The van der Waals surface area contributed by atoms with E-state index in [1.54, 1.807) is 26.0 Å². The molecule has 1 aromatic heterocycles. The molecular formula is C22H26F3N3O2. The van der Waals surface area contributed by atoms with E-state index in [0.717, 1.165) is 10.8 Å². The van der Waals surface area contributed by atoms with Crippen LogP contribution in [-0.2, 0) is 13.0 Å². The Morgan fingerprint density at radius 1 is 1.40 bits per heavy atom. The minimum Gasteiger partial charge on any atom is -0.506 e. The molecule has 1 aliphatic rings. The van der Waals surface area contributed by atoms with Crippen molar-refractivity contribution in [1.29, 1.82) is 0 Å². The molecule has 0 spiro atoms. The van der Waals surface area contributed by atoms with Gasteiger partial charge in [-0.15, -0.1) is 0 Å². The monoisotopic (exact) mass is 421 g/mol. The Bertz CT molecular complexity index is 1010. The molecule has 0 saturated carbocycles. The van der Waals surface area contributed by atoms with Gasteiger partial charge in [-0.1, -0.05) is 18.7 Å². The lowest BCUT2D eigenvalue weighted by atomic mass is 10.0.